The van der Waals surface area contributed by atoms with Crippen molar-refractivity contribution < 1.29 is 92.1 Å². The topological polar surface area (TPSA) is 354 Å². The van der Waals surface area contributed by atoms with Gasteiger partial charge in [-0.2, -0.15) is 0 Å². The van der Waals surface area contributed by atoms with Crippen LogP contribution in [0.15, 0.2) is 0 Å². The molecule has 0 aromatic carbocycles. The second-order valence-corrected chi connectivity index (χ2v) is 19.5. The van der Waals surface area contributed by atoms with E-state index in [4.69, 9.17) is 24.1 Å². The van der Waals surface area contributed by atoms with E-state index < -0.39 is 72.5 Å². The fraction of sp³-hybridized carbons (Fsp3) is 0.800. The van der Waals surface area contributed by atoms with Gasteiger partial charge in [0.25, 0.3) is 0 Å². The molecule has 0 aromatic heterocycles. The van der Waals surface area contributed by atoms with E-state index in [2.05, 4.69) is 21.3 Å². The number of ether oxygens (including phenoxy) is 4. The molecule has 78 heavy (non-hydrogen) atoms. The molecule has 0 bridgehead atoms. The van der Waals surface area contributed by atoms with Crippen LogP contribution < -0.4 is 21.3 Å². The molecule has 0 fully saturated rings. The zero-order valence-corrected chi connectivity index (χ0v) is 46.6. The monoisotopic (exact) mass is 1110 g/mol. The standard InChI is InChI=1S/C55H94N4O19/c1-3-41(47(62)4-2)20-17-18-30-56-48(63)29-27-46(55(73)74)59-50(65)28-24-42(53(69)70)38-44(61)39-77-36-35-76-33-31-57-51(66)40-78-37-34-75-32-19-21-43(60)25-26-45(54(71)72)58-49(64)22-15-13-11-9-7-5-6-8-10-12-14-16-23-52(67)68/h41-42,45-46H,3-40H2,1-2H3,(H,56,63)(H,57,66)(H,58,64)(H,59,65)(H,67,68)(H,69,70)(H,71,72)(H,73,74)/t41-,42+,45-,46-/m0/s1. The van der Waals surface area contributed by atoms with Crippen molar-refractivity contribution in [1.29, 1.82) is 0 Å². The maximum Gasteiger partial charge on any atom is 0.326 e. The lowest BCUT2D eigenvalue weighted by Gasteiger charge is -2.16. The zero-order chi connectivity index (χ0) is 58.2. The molecule has 0 aliphatic rings. The Labute approximate surface area is 460 Å². The molecular weight excluding hydrogens is 1020 g/mol. The highest BCUT2D eigenvalue weighted by molar-refractivity contribution is 5.87. The molecule has 0 heterocycles. The molecule has 23 heteroatoms. The third kappa shape index (κ3) is 43.6. The van der Waals surface area contributed by atoms with Crippen molar-refractivity contribution in [2.24, 2.45) is 11.8 Å². The van der Waals surface area contributed by atoms with Crippen LogP contribution in [-0.4, -0.2) is 163 Å². The van der Waals surface area contributed by atoms with Gasteiger partial charge >= 0.3 is 23.9 Å². The largest absolute Gasteiger partial charge is 0.481 e. The average Bonchev–Trinajstić information content (AvgIpc) is 3.39. The Balaban J connectivity index is 4.00. The number of aliphatic carboxylic acids is 4. The molecule has 0 unspecified atom stereocenters. The summed E-state index contributed by atoms with van der Waals surface area (Å²) in [4.78, 5) is 132. The normalized spacial score (nSPS) is 12.6. The fourth-order valence-corrected chi connectivity index (χ4v) is 8.22. The number of amides is 4. The predicted molar refractivity (Wildman–Crippen MR) is 286 cm³/mol. The number of carbonyl (C=O) groups is 11. The zero-order valence-electron chi connectivity index (χ0n) is 46.6. The van der Waals surface area contributed by atoms with Gasteiger partial charge in [0.1, 0.15) is 36.9 Å². The third-order valence-corrected chi connectivity index (χ3v) is 12.9. The van der Waals surface area contributed by atoms with Crippen molar-refractivity contribution in [2.45, 2.75) is 206 Å². The third-order valence-electron chi connectivity index (χ3n) is 12.9. The molecule has 23 nitrogen and oxygen atoms in total. The van der Waals surface area contributed by atoms with Gasteiger partial charge in [0, 0.05) is 77.0 Å². The first kappa shape index (κ1) is 72.6. The van der Waals surface area contributed by atoms with Gasteiger partial charge in [0.05, 0.1) is 39.0 Å². The Morgan fingerprint density at radius 2 is 0.885 bits per heavy atom. The van der Waals surface area contributed by atoms with E-state index in [9.17, 15) is 68.1 Å². The van der Waals surface area contributed by atoms with E-state index in [0.29, 0.717) is 32.2 Å². The smallest absolute Gasteiger partial charge is 0.326 e. The van der Waals surface area contributed by atoms with Crippen LogP contribution in [0.5, 0.6) is 0 Å². The number of carbonyl (C=O) groups excluding carboxylic acids is 7. The first-order chi connectivity index (χ1) is 37.4. The molecule has 0 saturated carbocycles. The summed E-state index contributed by atoms with van der Waals surface area (Å²) in [7, 11) is 0. The van der Waals surface area contributed by atoms with Gasteiger partial charge in [0.15, 0.2) is 5.78 Å². The summed E-state index contributed by atoms with van der Waals surface area (Å²) in [6.07, 6.45) is 15.3. The molecule has 448 valence electrons. The SMILES string of the molecule is CCC(=O)[C@@H](CC)CCCCNC(=O)CC[C@H](NC(=O)CC[C@H](CC(=O)COCCOCCNC(=O)COCCOCCCC(=O)CC[C@H](NC(=O)CCCCCCCCCCCCCCC(=O)O)C(=O)O)C(=O)O)C(=O)O. The van der Waals surface area contributed by atoms with Gasteiger partial charge in [-0.1, -0.05) is 84.5 Å². The lowest BCUT2D eigenvalue weighted by atomic mass is 9.93. The molecule has 0 aliphatic carbocycles. The first-order valence-electron chi connectivity index (χ1n) is 28.3. The molecule has 0 saturated heterocycles. The van der Waals surface area contributed by atoms with E-state index in [1.165, 1.54) is 6.42 Å². The molecule has 0 aliphatic heterocycles. The summed E-state index contributed by atoms with van der Waals surface area (Å²) in [5.74, 6) is -8.12. The lowest BCUT2D eigenvalue weighted by Crippen LogP contribution is -2.42. The first-order valence-corrected chi connectivity index (χ1v) is 28.3. The van der Waals surface area contributed by atoms with Crippen LogP contribution in [-0.2, 0) is 71.7 Å². The number of unbranched alkanes of at least 4 members (excludes halogenated alkanes) is 12. The van der Waals surface area contributed by atoms with Crippen LogP contribution in [0.1, 0.15) is 194 Å². The number of rotatable bonds is 56. The maximum absolute atomic E-state index is 12.5. The van der Waals surface area contributed by atoms with Gasteiger partial charge in [-0.05, 0) is 57.8 Å². The summed E-state index contributed by atoms with van der Waals surface area (Å²) in [5, 5.41) is 47.6. The second-order valence-electron chi connectivity index (χ2n) is 19.5. The number of Topliss-reactive ketones (excluding diaryl/α,β-unsaturated/α-hetero) is 3. The maximum atomic E-state index is 12.5. The number of ketones is 3. The van der Waals surface area contributed by atoms with Crippen molar-refractivity contribution in [3.63, 3.8) is 0 Å². The van der Waals surface area contributed by atoms with E-state index >= 15 is 0 Å². The van der Waals surface area contributed by atoms with Crippen LogP contribution in [0.25, 0.3) is 0 Å². The van der Waals surface area contributed by atoms with Crippen molar-refractivity contribution >= 4 is 64.9 Å². The predicted octanol–water partition coefficient (Wildman–Crippen LogP) is 5.50. The summed E-state index contributed by atoms with van der Waals surface area (Å²) in [5.41, 5.74) is 0. The van der Waals surface area contributed by atoms with Crippen LogP contribution >= 0.6 is 0 Å². The Bertz CT molecular complexity index is 1760. The van der Waals surface area contributed by atoms with E-state index in [1.807, 2.05) is 13.8 Å². The molecule has 8 N–H and O–H groups in total. The van der Waals surface area contributed by atoms with Gasteiger partial charge in [-0.3, -0.25) is 43.2 Å². The molecule has 4 amide bonds. The van der Waals surface area contributed by atoms with Crippen molar-refractivity contribution in [3.05, 3.63) is 0 Å². The highest BCUT2D eigenvalue weighted by Crippen LogP contribution is 2.17. The van der Waals surface area contributed by atoms with Gasteiger partial charge in [0.2, 0.25) is 23.6 Å². The Kier molecular flexibility index (Phi) is 45.3. The summed E-state index contributed by atoms with van der Waals surface area (Å²) in [6, 6.07) is -2.52. The van der Waals surface area contributed by atoms with E-state index in [-0.39, 0.29) is 140 Å². The number of nitrogens with one attached hydrogen (secondary N) is 4. The van der Waals surface area contributed by atoms with Crippen molar-refractivity contribution in [2.75, 3.05) is 65.9 Å². The van der Waals surface area contributed by atoms with Crippen molar-refractivity contribution in [3.8, 4) is 0 Å². The number of hydrogen-bond acceptors (Lipinski definition) is 15. The summed E-state index contributed by atoms with van der Waals surface area (Å²) < 4.78 is 21.4. The summed E-state index contributed by atoms with van der Waals surface area (Å²) >= 11 is 0. The fourth-order valence-electron chi connectivity index (χ4n) is 8.22. The highest BCUT2D eigenvalue weighted by atomic mass is 16.5. The Morgan fingerprint density at radius 3 is 1.44 bits per heavy atom. The number of hydrogen-bond donors (Lipinski definition) is 8. The lowest BCUT2D eigenvalue weighted by molar-refractivity contribution is -0.145. The van der Waals surface area contributed by atoms with E-state index in [1.54, 1.807) is 0 Å². The average molecular weight is 1120 g/mol. The molecule has 0 radical (unpaired) electrons. The quantitative estimate of drug-likeness (QED) is 0.0349. The molecule has 0 aromatic rings. The minimum Gasteiger partial charge on any atom is -0.481 e. The molecule has 0 rings (SSSR count). The minimum absolute atomic E-state index is 0.00360. The molecule has 0 spiro atoms. The van der Waals surface area contributed by atoms with Gasteiger partial charge < -0.3 is 60.6 Å². The molecule has 4 atom stereocenters. The van der Waals surface area contributed by atoms with Crippen LogP contribution in [0.3, 0.4) is 0 Å². The van der Waals surface area contributed by atoms with Gasteiger partial charge in [-0.25, -0.2) is 9.59 Å². The second kappa shape index (κ2) is 48.7. The van der Waals surface area contributed by atoms with Gasteiger partial charge in [-0.15, -0.1) is 0 Å². The molecular formula is C55H94N4O19. The van der Waals surface area contributed by atoms with Crippen LogP contribution in [0, 0.1) is 11.8 Å². The van der Waals surface area contributed by atoms with E-state index in [0.717, 1.165) is 83.5 Å². The van der Waals surface area contributed by atoms with Crippen LogP contribution in [0.4, 0.5) is 0 Å². The summed E-state index contributed by atoms with van der Waals surface area (Å²) in [6.45, 7) is 4.47. The highest BCUT2D eigenvalue weighted by Gasteiger charge is 2.26. The number of carboxylic acid groups (broad SMARTS) is 4. The van der Waals surface area contributed by atoms with Crippen LogP contribution in [0.2, 0.25) is 0 Å². The minimum atomic E-state index is -1.38. The number of carboxylic acids is 4. The Morgan fingerprint density at radius 1 is 0.385 bits per heavy atom. The van der Waals surface area contributed by atoms with Crippen molar-refractivity contribution in [1.82, 2.24) is 21.3 Å². The Hall–Kier alpha value is -5.39.